The van der Waals surface area contributed by atoms with Crippen LogP contribution in [-0.2, 0) is 6.42 Å². The lowest BCUT2D eigenvalue weighted by Crippen LogP contribution is -2.11. The number of rotatable bonds is 2. The van der Waals surface area contributed by atoms with E-state index in [-0.39, 0.29) is 11.9 Å². The second kappa shape index (κ2) is 3.91. The maximum atomic E-state index is 13.3. The van der Waals surface area contributed by atoms with Gasteiger partial charge >= 0.3 is 0 Å². The van der Waals surface area contributed by atoms with E-state index < -0.39 is 0 Å². The molecule has 0 fully saturated rings. The van der Waals surface area contributed by atoms with E-state index in [0.29, 0.717) is 5.25 Å². The summed E-state index contributed by atoms with van der Waals surface area (Å²) in [6.07, 6.45) is 1.18. The largest absolute Gasteiger partial charge is 0.393 e. The lowest BCUT2D eigenvalue weighted by molar-refractivity contribution is 0.184. The van der Waals surface area contributed by atoms with Gasteiger partial charge in [-0.2, -0.15) is 0 Å². The number of halogens is 1. The molecule has 3 heteroatoms. The van der Waals surface area contributed by atoms with Crippen molar-refractivity contribution in [3.63, 3.8) is 0 Å². The third-order valence-corrected chi connectivity index (χ3v) is 3.73. The first-order valence-corrected chi connectivity index (χ1v) is 5.67. The summed E-state index contributed by atoms with van der Waals surface area (Å²) < 4.78 is 13.3. The van der Waals surface area contributed by atoms with Gasteiger partial charge in [0.1, 0.15) is 5.82 Å². The number of thioether (sulfide) groups is 1. The second-order valence-corrected chi connectivity index (χ2v) is 5.09. The zero-order chi connectivity index (χ0) is 10.1. The van der Waals surface area contributed by atoms with Gasteiger partial charge in [-0.05, 0) is 31.9 Å². The Hall–Kier alpha value is -0.540. The van der Waals surface area contributed by atoms with Gasteiger partial charge in [-0.1, -0.05) is 6.07 Å². The molecule has 1 aromatic rings. The zero-order valence-corrected chi connectivity index (χ0v) is 8.85. The first-order chi connectivity index (χ1) is 6.66. The standard InChI is InChI=1S/C11H13FOS/c1-7(13)5-8-6-9-10(12)3-2-4-11(9)14-8/h2-4,7-8,13H,5-6H2,1H3. The third-order valence-electron chi connectivity index (χ3n) is 2.41. The Morgan fingerprint density at radius 2 is 2.43 bits per heavy atom. The van der Waals surface area contributed by atoms with Crippen LogP contribution < -0.4 is 0 Å². The van der Waals surface area contributed by atoms with Crippen molar-refractivity contribution in [1.29, 1.82) is 0 Å². The molecule has 0 aromatic heterocycles. The number of hydrogen-bond acceptors (Lipinski definition) is 2. The Bertz CT molecular complexity index is 338. The Kier molecular flexibility index (Phi) is 2.79. The molecule has 1 N–H and O–H groups in total. The lowest BCUT2D eigenvalue weighted by atomic mass is 10.1. The summed E-state index contributed by atoms with van der Waals surface area (Å²) >= 11 is 1.68. The molecule has 0 radical (unpaired) electrons. The summed E-state index contributed by atoms with van der Waals surface area (Å²) in [5, 5.41) is 9.59. The van der Waals surface area contributed by atoms with E-state index in [1.807, 2.05) is 6.07 Å². The van der Waals surface area contributed by atoms with Gasteiger partial charge in [0.25, 0.3) is 0 Å². The van der Waals surface area contributed by atoms with Crippen LogP contribution in [0.5, 0.6) is 0 Å². The van der Waals surface area contributed by atoms with Crippen molar-refractivity contribution < 1.29 is 9.50 Å². The van der Waals surface area contributed by atoms with Gasteiger partial charge in [-0.25, -0.2) is 4.39 Å². The average Bonchev–Trinajstić information content (AvgIpc) is 2.47. The molecular formula is C11H13FOS. The SMILES string of the molecule is CC(O)CC1Cc2c(F)cccc2S1. The van der Waals surface area contributed by atoms with E-state index in [2.05, 4.69) is 0 Å². The van der Waals surface area contributed by atoms with Gasteiger partial charge in [0.05, 0.1) is 6.10 Å². The molecule has 1 aromatic carbocycles. The first kappa shape index (κ1) is 9.99. The van der Waals surface area contributed by atoms with Crippen LogP contribution in [0.15, 0.2) is 23.1 Å². The molecule has 0 saturated carbocycles. The molecule has 14 heavy (non-hydrogen) atoms. The van der Waals surface area contributed by atoms with Crippen LogP contribution in [0.1, 0.15) is 18.9 Å². The van der Waals surface area contributed by atoms with Crippen LogP contribution in [0.4, 0.5) is 4.39 Å². The van der Waals surface area contributed by atoms with Gasteiger partial charge in [-0.15, -0.1) is 11.8 Å². The minimum Gasteiger partial charge on any atom is -0.393 e. The minimum atomic E-state index is -0.301. The zero-order valence-electron chi connectivity index (χ0n) is 8.03. The number of aliphatic hydroxyl groups excluding tert-OH is 1. The van der Waals surface area contributed by atoms with Crippen molar-refractivity contribution in [1.82, 2.24) is 0 Å². The van der Waals surface area contributed by atoms with Crippen molar-refractivity contribution in [3.05, 3.63) is 29.6 Å². The molecule has 1 aliphatic rings. The summed E-state index contributed by atoms with van der Waals surface area (Å²) in [5.74, 6) is -0.108. The lowest BCUT2D eigenvalue weighted by Gasteiger charge is -2.09. The fourth-order valence-electron chi connectivity index (χ4n) is 1.81. The maximum absolute atomic E-state index is 13.3. The molecule has 2 unspecified atom stereocenters. The normalized spacial score (nSPS) is 22.1. The van der Waals surface area contributed by atoms with Crippen LogP contribution >= 0.6 is 11.8 Å². The van der Waals surface area contributed by atoms with Crippen LogP contribution in [0.25, 0.3) is 0 Å². The van der Waals surface area contributed by atoms with Gasteiger partial charge in [0.15, 0.2) is 0 Å². The fourth-order valence-corrected chi connectivity index (χ4v) is 3.27. The first-order valence-electron chi connectivity index (χ1n) is 4.79. The maximum Gasteiger partial charge on any atom is 0.127 e. The molecule has 2 rings (SSSR count). The molecule has 0 aliphatic carbocycles. The number of aliphatic hydroxyl groups is 1. The Balaban J connectivity index is 2.14. The van der Waals surface area contributed by atoms with Crippen LogP contribution in [0.2, 0.25) is 0 Å². The van der Waals surface area contributed by atoms with Gasteiger partial charge < -0.3 is 5.11 Å². The molecule has 0 bridgehead atoms. The molecule has 2 atom stereocenters. The number of benzene rings is 1. The highest BCUT2D eigenvalue weighted by Crippen LogP contribution is 2.39. The molecule has 1 aliphatic heterocycles. The molecule has 0 amide bonds. The van der Waals surface area contributed by atoms with Crippen LogP contribution in [-0.4, -0.2) is 16.5 Å². The van der Waals surface area contributed by atoms with Crippen molar-refractivity contribution in [2.75, 3.05) is 0 Å². The molecule has 0 spiro atoms. The van der Waals surface area contributed by atoms with Crippen molar-refractivity contribution >= 4 is 11.8 Å². The number of hydrogen-bond donors (Lipinski definition) is 1. The van der Waals surface area contributed by atoms with Gasteiger partial charge in [0, 0.05) is 15.7 Å². The quantitative estimate of drug-likeness (QED) is 0.813. The highest BCUT2D eigenvalue weighted by Gasteiger charge is 2.25. The molecule has 1 nitrogen and oxygen atoms in total. The molecular weight excluding hydrogens is 199 g/mol. The second-order valence-electron chi connectivity index (χ2n) is 3.75. The van der Waals surface area contributed by atoms with Crippen molar-refractivity contribution in [3.8, 4) is 0 Å². The van der Waals surface area contributed by atoms with E-state index in [1.54, 1.807) is 24.8 Å². The Morgan fingerprint density at radius 1 is 1.64 bits per heavy atom. The van der Waals surface area contributed by atoms with E-state index in [0.717, 1.165) is 23.3 Å². The van der Waals surface area contributed by atoms with E-state index in [9.17, 15) is 9.50 Å². The summed E-state index contributed by atoms with van der Waals surface area (Å²) in [6.45, 7) is 1.78. The minimum absolute atomic E-state index is 0.108. The smallest absolute Gasteiger partial charge is 0.127 e. The predicted octanol–water partition coefficient (Wildman–Crippen LogP) is 2.61. The van der Waals surface area contributed by atoms with E-state index >= 15 is 0 Å². The van der Waals surface area contributed by atoms with Gasteiger partial charge in [0.2, 0.25) is 0 Å². The molecule has 0 saturated heterocycles. The predicted molar refractivity (Wildman–Crippen MR) is 56.0 cm³/mol. The van der Waals surface area contributed by atoms with Gasteiger partial charge in [-0.3, -0.25) is 0 Å². The van der Waals surface area contributed by atoms with Crippen molar-refractivity contribution in [2.24, 2.45) is 0 Å². The fraction of sp³-hybridized carbons (Fsp3) is 0.455. The summed E-state index contributed by atoms with van der Waals surface area (Å²) in [6, 6.07) is 5.20. The highest BCUT2D eigenvalue weighted by atomic mass is 32.2. The molecule has 76 valence electrons. The number of fused-ring (bicyclic) bond motifs is 1. The molecule has 1 heterocycles. The Labute approximate surface area is 87.3 Å². The average molecular weight is 212 g/mol. The van der Waals surface area contributed by atoms with Crippen LogP contribution in [0.3, 0.4) is 0 Å². The topological polar surface area (TPSA) is 20.2 Å². The van der Waals surface area contributed by atoms with E-state index in [1.165, 1.54) is 6.07 Å². The monoisotopic (exact) mass is 212 g/mol. The summed E-state index contributed by atoms with van der Waals surface area (Å²) in [4.78, 5) is 1.04. The van der Waals surface area contributed by atoms with Crippen molar-refractivity contribution in [2.45, 2.75) is 36.0 Å². The third kappa shape index (κ3) is 1.93. The Morgan fingerprint density at radius 3 is 3.07 bits per heavy atom. The van der Waals surface area contributed by atoms with Crippen LogP contribution in [0, 0.1) is 5.82 Å². The summed E-state index contributed by atoms with van der Waals surface area (Å²) in [7, 11) is 0. The summed E-state index contributed by atoms with van der Waals surface area (Å²) in [5.41, 5.74) is 0.822. The highest BCUT2D eigenvalue weighted by molar-refractivity contribution is 8.00. The van der Waals surface area contributed by atoms with E-state index in [4.69, 9.17) is 0 Å².